The molecule has 0 radical (unpaired) electrons. The molecule has 0 N–H and O–H groups in total. The van der Waals surface area contributed by atoms with Crippen LogP contribution in [0.3, 0.4) is 0 Å². The van der Waals surface area contributed by atoms with Gasteiger partial charge < -0.3 is 14.4 Å². The normalized spacial score (nSPS) is 25.7. The number of alkyl halides is 3. The molecule has 0 unspecified atom stereocenters. The van der Waals surface area contributed by atoms with E-state index in [4.69, 9.17) is 9.47 Å². The lowest BCUT2D eigenvalue weighted by molar-refractivity contribution is -0.253. The molecule has 2 aromatic carbocycles. The van der Waals surface area contributed by atoms with Crippen molar-refractivity contribution in [2.45, 2.75) is 57.0 Å². The molecule has 2 aromatic rings. The van der Waals surface area contributed by atoms with Gasteiger partial charge in [-0.15, -0.1) is 0 Å². The maximum Gasteiger partial charge on any atom is 0.416 e. The van der Waals surface area contributed by atoms with Crippen LogP contribution in [0.5, 0.6) is 0 Å². The van der Waals surface area contributed by atoms with E-state index in [-0.39, 0.29) is 12.3 Å². The number of ether oxygens (including phenoxy) is 2. The highest BCUT2D eigenvalue weighted by Crippen LogP contribution is 2.52. The number of anilines is 1. The van der Waals surface area contributed by atoms with Crippen molar-refractivity contribution in [3.05, 3.63) is 65.2 Å². The van der Waals surface area contributed by atoms with Gasteiger partial charge in [0.2, 0.25) is 0 Å². The van der Waals surface area contributed by atoms with E-state index in [0.717, 1.165) is 24.1 Å². The van der Waals surface area contributed by atoms with Crippen LogP contribution in [0, 0.1) is 5.41 Å². The van der Waals surface area contributed by atoms with E-state index >= 15 is 0 Å². The lowest BCUT2D eigenvalue weighted by atomic mass is 9.65. The van der Waals surface area contributed by atoms with Crippen LogP contribution in [0.1, 0.15) is 49.3 Å². The van der Waals surface area contributed by atoms with Crippen molar-refractivity contribution in [3.63, 3.8) is 0 Å². The summed E-state index contributed by atoms with van der Waals surface area (Å²) < 4.78 is 51.3. The Balaban J connectivity index is 1.62. The van der Waals surface area contributed by atoms with Crippen molar-refractivity contribution in [2.75, 3.05) is 11.4 Å². The zero-order valence-electron chi connectivity index (χ0n) is 18.3. The van der Waals surface area contributed by atoms with Crippen LogP contribution in [0.2, 0.25) is 0 Å². The summed E-state index contributed by atoms with van der Waals surface area (Å²) in [5.74, 6) is -2.81. The number of halogens is 3. The van der Waals surface area contributed by atoms with Crippen molar-refractivity contribution >= 4 is 17.6 Å². The zero-order valence-corrected chi connectivity index (χ0v) is 18.3. The first-order valence-electron chi connectivity index (χ1n) is 11.0. The standard InChI is InChI=1S/C25H24F3NO4/c1-23(2)32-21(30)24(22(31)33-23)14-17-12-18(25(26,27)28)8-9-19(17)29-11-10-16(13-20(24)29)15-6-4-3-5-7-15/h3-9,12,16,20H,10-11,13-14H2,1-2H3/t16-,20-/m1/s1. The van der Waals surface area contributed by atoms with Gasteiger partial charge in [-0.3, -0.25) is 9.59 Å². The Morgan fingerprint density at radius 3 is 2.30 bits per heavy atom. The average molecular weight is 459 g/mol. The van der Waals surface area contributed by atoms with E-state index in [1.807, 2.05) is 35.2 Å². The summed E-state index contributed by atoms with van der Waals surface area (Å²) >= 11 is 0. The summed E-state index contributed by atoms with van der Waals surface area (Å²) in [4.78, 5) is 28.7. The van der Waals surface area contributed by atoms with E-state index in [1.54, 1.807) is 0 Å². The van der Waals surface area contributed by atoms with Gasteiger partial charge in [0.25, 0.3) is 5.79 Å². The third kappa shape index (κ3) is 3.47. The Morgan fingerprint density at radius 2 is 1.67 bits per heavy atom. The molecular formula is C25H24F3NO4. The van der Waals surface area contributed by atoms with Crippen molar-refractivity contribution in [2.24, 2.45) is 5.41 Å². The number of carbonyl (C=O) groups excluding carboxylic acids is 2. The molecule has 33 heavy (non-hydrogen) atoms. The molecule has 0 saturated carbocycles. The van der Waals surface area contributed by atoms with E-state index in [0.29, 0.717) is 24.2 Å². The predicted octanol–water partition coefficient (Wildman–Crippen LogP) is 4.84. The molecule has 0 aromatic heterocycles. The molecule has 5 nitrogen and oxygen atoms in total. The topological polar surface area (TPSA) is 55.8 Å². The van der Waals surface area contributed by atoms with E-state index in [9.17, 15) is 22.8 Å². The van der Waals surface area contributed by atoms with E-state index in [1.165, 1.54) is 19.9 Å². The fraction of sp³-hybridized carbons (Fsp3) is 0.440. The second-order valence-corrected chi connectivity index (χ2v) is 9.51. The molecule has 2 atom stereocenters. The Kier molecular flexibility index (Phi) is 4.78. The van der Waals surface area contributed by atoms with Gasteiger partial charge in [-0.25, -0.2) is 0 Å². The van der Waals surface area contributed by atoms with Crippen LogP contribution in [-0.2, 0) is 31.7 Å². The molecule has 0 bridgehead atoms. The number of hydrogen-bond donors (Lipinski definition) is 0. The number of benzene rings is 2. The smallest absolute Gasteiger partial charge is 0.416 e. The fourth-order valence-corrected chi connectivity index (χ4v) is 5.50. The summed E-state index contributed by atoms with van der Waals surface area (Å²) in [5.41, 5.74) is -0.515. The van der Waals surface area contributed by atoms with Crippen LogP contribution >= 0.6 is 0 Å². The van der Waals surface area contributed by atoms with Gasteiger partial charge in [-0.2, -0.15) is 13.2 Å². The highest BCUT2D eigenvalue weighted by Gasteiger charge is 2.64. The molecule has 0 aliphatic carbocycles. The second-order valence-electron chi connectivity index (χ2n) is 9.51. The summed E-state index contributed by atoms with van der Waals surface area (Å²) in [6.07, 6.45) is -3.50. The first-order valence-corrected chi connectivity index (χ1v) is 11.0. The van der Waals surface area contributed by atoms with Gasteiger partial charge in [0, 0.05) is 32.5 Å². The molecule has 2 saturated heterocycles. The SMILES string of the molecule is CC1(C)OC(=O)C2(Cc3cc(C(F)(F)F)ccc3N3CC[C@@H](c4ccccc4)C[C@@H]32)C(=O)O1. The molecule has 174 valence electrons. The highest BCUT2D eigenvalue weighted by molar-refractivity contribution is 6.04. The lowest BCUT2D eigenvalue weighted by Crippen LogP contribution is -2.67. The number of piperidine rings is 1. The summed E-state index contributed by atoms with van der Waals surface area (Å²) in [7, 11) is 0. The Morgan fingerprint density at radius 1 is 1.00 bits per heavy atom. The molecule has 3 aliphatic heterocycles. The molecule has 8 heteroatoms. The van der Waals surface area contributed by atoms with Crippen molar-refractivity contribution in [1.29, 1.82) is 0 Å². The molecule has 3 aliphatic rings. The molecule has 1 spiro atoms. The number of carbonyl (C=O) groups is 2. The number of hydrogen-bond acceptors (Lipinski definition) is 5. The van der Waals surface area contributed by atoms with Crippen LogP contribution in [-0.4, -0.2) is 30.3 Å². The summed E-state index contributed by atoms with van der Waals surface area (Å²) in [6, 6.07) is 12.8. The van der Waals surface area contributed by atoms with Gasteiger partial charge >= 0.3 is 18.1 Å². The third-order valence-corrected chi connectivity index (χ3v) is 7.03. The number of cyclic esters (lactones) is 2. The van der Waals surface area contributed by atoms with Gasteiger partial charge in [0.1, 0.15) is 0 Å². The minimum atomic E-state index is -4.53. The summed E-state index contributed by atoms with van der Waals surface area (Å²) in [5, 5.41) is 0. The second kappa shape index (κ2) is 7.23. The first-order chi connectivity index (χ1) is 15.5. The number of fused-ring (bicyclic) bond motifs is 4. The zero-order chi connectivity index (χ0) is 23.6. The van der Waals surface area contributed by atoms with Crippen molar-refractivity contribution < 1.29 is 32.2 Å². The largest absolute Gasteiger partial charge is 0.422 e. The number of rotatable bonds is 1. The molecule has 5 rings (SSSR count). The Hall–Kier alpha value is -3.03. The van der Waals surface area contributed by atoms with Crippen LogP contribution in [0.15, 0.2) is 48.5 Å². The molecule has 3 heterocycles. The van der Waals surface area contributed by atoms with Crippen LogP contribution in [0.25, 0.3) is 0 Å². The monoisotopic (exact) mass is 459 g/mol. The van der Waals surface area contributed by atoms with Gasteiger partial charge in [0.05, 0.1) is 11.6 Å². The predicted molar refractivity (Wildman–Crippen MR) is 113 cm³/mol. The maximum absolute atomic E-state index is 13.4. The Labute approximate surface area is 189 Å². The minimum absolute atomic E-state index is 0.0934. The average Bonchev–Trinajstić information content (AvgIpc) is 2.76. The third-order valence-electron chi connectivity index (χ3n) is 7.03. The van der Waals surface area contributed by atoms with Crippen molar-refractivity contribution in [1.82, 2.24) is 0 Å². The van der Waals surface area contributed by atoms with Gasteiger partial charge in [-0.1, -0.05) is 30.3 Å². The minimum Gasteiger partial charge on any atom is -0.422 e. The molecule has 0 amide bonds. The van der Waals surface area contributed by atoms with E-state index < -0.39 is 40.9 Å². The Bertz CT molecular complexity index is 1090. The van der Waals surface area contributed by atoms with Crippen LogP contribution in [0.4, 0.5) is 18.9 Å². The van der Waals surface area contributed by atoms with Crippen LogP contribution < -0.4 is 4.90 Å². The lowest BCUT2D eigenvalue weighted by Gasteiger charge is -2.54. The summed E-state index contributed by atoms with van der Waals surface area (Å²) in [6.45, 7) is 3.44. The van der Waals surface area contributed by atoms with Gasteiger partial charge in [0.15, 0.2) is 5.41 Å². The fourth-order valence-electron chi connectivity index (χ4n) is 5.50. The molecule has 2 fully saturated rings. The maximum atomic E-state index is 13.4. The highest BCUT2D eigenvalue weighted by atomic mass is 19.4. The number of nitrogens with zero attached hydrogens (tertiary/aromatic N) is 1. The van der Waals surface area contributed by atoms with Gasteiger partial charge in [-0.05, 0) is 48.1 Å². The number of esters is 2. The van der Waals surface area contributed by atoms with Crippen molar-refractivity contribution in [3.8, 4) is 0 Å². The molecular weight excluding hydrogens is 435 g/mol. The van der Waals surface area contributed by atoms with E-state index in [2.05, 4.69) is 0 Å². The first kappa shape index (κ1) is 21.8. The quantitative estimate of drug-likeness (QED) is 0.451.